The molecule has 0 saturated carbocycles. The Morgan fingerprint density at radius 2 is 0.926 bits per heavy atom. The topological polar surface area (TPSA) is 412 Å². The number of carbonyl (C=O) groups excluding carboxylic acids is 10. The average molecular weight is 986 g/mol. The van der Waals surface area contributed by atoms with Crippen LogP contribution in [0.5, 0.6) is 0 Å². The van der Waals surface area contributed by atoms with Crippen molar-refractivity contribution >= 4 is 83.4 Å². The van der Waals surface area contributed by atoms with Crippen molar-refractivity contribution in [3.05, 3.63) is 0 Å². The lowest BCUT2D eigenvalue weighted by Crippen LogP contribution is -2.53. The summed E-state index contributed by atoms with van der Waals surface area (Å²) in [5.74, 6) is -11.8. The number of carboxylic acid groups (broad SMARTS) is 4. The first-order valence-corrected chi connectivity index (χ1v) is 20.1. The van der Waals surface area contributed by atoms with Gasteiger partial charge in [0.25, 0.3) is 23.8 Å². The van der Waals surface area contributed by atoms with Crippen molar-refractivity contribution in [2.24, 2.45) is 0 Å². The first-order chi connectivity index (χ1) is 31.3. The molecule has 388 valence electrons. The zero-order chi connectivity index (χ0) is 53.7. The van der Waals surface area contributed by atoms with Gasteiger partial charge in [-0.15, -0.1) is 0 Å². The maximum Gasteiger partial charge on any atom is 0.303 e. The number of ether oxygens (including phenoxy) is 7. The van der Waals surface area contributed by atoms with Gasteiger partial charge in [0.2, 0.25) is 17.9 Å². The van der Waals surface area contributed by atoms with E-state index in [1.54, 1.807) is 0 Å². The van der Waals surface area contributed by atoms with E-state index >= 15 is 0 Å². The fourth-order valence-electron chi connectivity index (χ4n) is 4.85. The largest absolute Gasteiger partial charge is 0.481 e. The number of hydrogen-bond donors (Lipinski definition) is 6. The third-order valence-corrected chi connectivity index (χ3v) is 6.91. The molecule has 0 aromatic carbocycles. The van der Waals surface area contributed by atoms with Gasteiger partial charge < -0.3 is 69.1 Å². The predicted octanol–water partition coefficient (Wildman–Crippen LogP) is -0.860. The van der Waals surface area contributed by atoms with Crippen LogP contribution >= 0.6 is 0 Å². The quantitative estimate of drug-likeness (QED) is 0.0453. The molecule has 6 N–H and O–H groups in total. The Labute approximate surface area is 390 Å². The molecule has 3 amide bonds. The van der Waals surface area contributed by atoms with Crippen LogP contribution in [0.1, 0.15) is 101 Å². The van der Waals surface area contributed by atoms with Crippen molar-refractivity contribution in [1.29, 1.82) is 0 Å². The number of rotatable bonds is 26. The summed E-state index contributed by atoms with van der Waals surface area (Å²) in [6.07, 6.45) is -9.16. The Morgan fingerprint density at radius 3 is 1.34 bits per heavy atom. The molecular weight excluding hydrogens is 922 g/mol. The molecule has 28 nitrogen and oxygen atoms in total. The summed E-state index contributed by atoms with van der Waals surface area (Å²) in [4.78, 5) is 160. The van der Waals surface area contributed by atoms with Gasteiger partial charge >= 0.3 is 47.8 Å². The second-order valence-electron chi connectivity index (χ2n) is 13.6. The standard InChI is InChI=1S/C34H51N3O19.3C2H4O2/c1-19(38)50-15-10-28(54-23(5)42)32(55-24(6)43)33(56-25(7)44)34(49)36-12-14-37(30(46)8-9-31(47)48)13-11-35-29(45)17-26(52-21(3)40)16-27(53-22(4)41)18-51-20(2)39;3*1-2(3)4/h26-28,32-33H,8-18H2,1-7H3,(H,35,45)(H,36,49)(H,47,48);3*1H3,(H,3,4)/t26-,27-,28+,32-,33+;;;/m0.../s1. The van der Waals surface area contributed by atoms with Crippen LogP contribution in [0.3, 0.4) is 0 Å². The summed E-state index contributed by atoms with van der Waals surface area (Å²) in [5, 5.41) is 36.3. The summed E-state index contributed by atoms with van der Waals surface area (Å²) in [6.45, 7) is 8.90. The van der Waals surface area contributed by atoms with Gasteiger partial charge in [0.15, 0.2) is 6.10 Å². The molecule has 0 aliphatic heterocycles. The van der Waals surface area contributed by atoms with Gasteiger partial charge in [-0.2, -0.15) is 0 Å². The second-order valence-corrected chi connectivity index (χ2v) is 13.6. The van der Waals surface area contributed by atoms with E-state index in [-0.39, 0.29) is 52.2 Å². The number of carbonyl (C=O) groups is 14. The molecular formula is C40H63N3O25. The first kappa shape index (κ1) is 67.2. The van der Waals surface area contributed by atoms with Crippen LogP contribution in [0.4, 0.5) is 0 Å². The Kier molecular flexibility index (Phi) is 38.3. The van der Waals surface area contributed by atoms with Crippen molar-refractivity contribution in [3.63, 3.8) is 0 Å². The molecule has 0 aromatic heterocycles. The van der Waals surface area contributed by atoms with Crippen LogP contribution in [0.25, 0.3) is 0 Å². The summed E-state index contributed by atoms with van der Waals surface area (Å²) in [7, 11) is 0. The Morgan fingerprint density at radius 1 is 0.500 bits per heavy atom. The average Bonchev–Trinajstić information content (AvgIpc) is 3.14. The summed E-state index contributed by atoms with van der Waals surface area (Å²) in [6, 6.07) is 0. The first-order valence-electron chi connectivity index (χ1n) is 20.1. The zero-order valence-electron chi connectivity index (χ0n) is 39.5. The highest BCUT2D eigenvalue weighted by atomic mass is 16.6. The van der Waals surface area contributed by atoms with Gasteiger partial charge in [-0.05, 0) is 0 Å². The third-order valence-electron chi connectivity index (χ3n) is 6.91. The molecule has 0 aliphatic rings. The Balaban J connectivity index is -0.00000151. The molecule has 28 heteroatoms. The second kappa shape index (κ2) is 38.8. The minimum Gasteiger partial charge on any atom is -0.481 e. The van der Waals surface area contributed by atoms with Crippen LogP contribution < -0.4 is 10.6 Å². The highest BCUT2D eigenvalue weighted by molar-refractivity contribution is 5.85. The highest BCUT2D eigenvalue weighted by Gasteiger charge is 2.41. The summed E-state index contributed by atoms with van der Waals surface area (Å²) < 4.78 is 35.6. The van der Waals surface area contributed by atoms with E-state index < -0.39 is 133 Å². The lowest BCUT2D eigenvalue weighted by atomic mass is 10.0. The number of carboxylic acids is 4. The van der Waals surface area contributed by atoms with E-state index in [2.05, 4.69) is 10.6 Å². The van der Waals surface area contributed by atoms with Crippen LogP contribution in [-0.2, 0) is 100 Å². The molecule has 0 saturated heterocycles. The molecule has 0 rings (SSSR count). The third kappa shape index (κ3) is 46.6. The maximum atomic E-state index is 13.4. The van der Waals surface area contributed by atoms with Gasteiger partial charge in [0, 0.05) is 115 Å². The molecule has 0 fully saturated rings. The molecule has 0 aliphatic carbocycles. The van der Waals surface area contributed by atoms with Crippen molar-refractivity contribution in [3.8, 4) is 0 Å². The van der Waals surface area contributed by atoms with Gasteiger partial charge in [0.05, 0.1) is 19.4 Å². The summed E-state index contributed by atoms with van der Waals surface area (Å²) in [5.41, 5.74) is 0. The number of hydrogen-bond acceptors (Lipinski definition) is 21. The van der Waals surface area contributed by atoms with Crippen LogP contribution in [-0.4, -0.2) is 179 Å². The van der Waals surface area contributed by atoms with Crippen LogP contribution in [0.2, 0.25) is 0 Å². The van der Waals surface area contributed by atoms with Gasteiger partial charge in [-0.3, -0.25) is 67.1 Å². The summed E-state index contributed by atoms with van der Waals surface area (Å²) >= 11 is 0. The number of esters is 7. The Bertz CT molecular complexity index is 1670. The monoisotopic (exact) mass is 985 g/mol. The normalized spacial score (nSPS) is 11.9. The van der Waals surface area contributed by atoms with E-state index in [9.17, 15) is 52.7 Å². The fourth-order valence-corrected chi connectivity index (χ4v) is 4.85. The van der Waals surface area contributed by atoms with E-state index in [0.29, 0.717) is 0 Å². The molecule has 0 aromatic rings. The number of amides is 3. The fraction of sp³-hybridized carbons (Fsp3) is 0.650. The van der Waals surface area contributed by atoms with Crippen molar-refractivity contribution in [2.45, 2.75) is 132 Å². The lowest BCUT2D eigenvalue weighted by molar-refractivity contribution is -0.187. The van der Waals surface area contributed by atoms with E-state index in [4.69, 9.17) is 68.0 Å². The Hall–Kier alpha value is -7.42. The van der Waals surface area contributed by atoms with E-state index in [1.165, 1.54) is 0 Å². The molecule has 68 heavy (non-hydrogen) atoms. The van der Waals surface area contributed by atoms with Crippen molar-refractivity contribution in [1.82, 2.24) is 15.5 Å². The molecule has 0 radical (unpaired) electrons. The van der Waals surface area contributed by atoms with E-state index in [1.807, 2.05) is 0 Å². The number of nitrogens with zero attached hydrogens (tertiary/aromatic N) is 1. The minimum atomic E-state index is -1.91. The molecule has 0 unspecified atom stereocenters. The van der Waals surface area contributed by atoms with Crippen LogP contribution in [0.15, 0.2) is 0 Å². The molecule has 0 heterocycles. The van der Waals surface area contributed by atoms with Crippen molar-refractivity contribution < 1.29 is 121 Å². The minimum absolute atomic E-state index is 0.209. The highest BCUT2D eigenvalue weighted by Crippen LogP contribution is 2.18. The zero-order valence-corrected chi connectivity index (χ0v) is 39.5. The molecule has 0 bridgehead atoms. The van der Waals surface area contributed by atoms with Crippen LogP contribution in [0, 0.1) is 0 Å². The SMILES string of the molecule is CC(=O)O.CC(=O)O.CC(=O)O.CC(=O)OCC[C@@H](OC(C)=O)[C@H](OC(C)=O)[C@@H](OC(C)=O)C(=O)NCCN(CCNC(=O)C[C@H](C[C@@H](COC(C)=O)OC(C)=O)OC(C)=O)C(=O)CCC(=O)O. The van der Waals surface area contributed by atoms with E-state index in [0.717, 1.165) is 74.1 Å². The molecule has 5 atom stereocenters. The number of aliphatic carboxylic acids is 4. The predicted molar refractivity (Wildman–Crippen MR) is 224 cm³/mol. The van der Waals surface area contributed by atoms with Gasteiger partial charge in [-0.1, -0.05) is 0 Å². The number of nitrogens with one attached hydrogen (secondary N) is 2. The molecule has 0 spiro atoms. The lowest BCUT2D eigenvalue weighted by Gasteiger charge is -2.31. The van der Waals surface area contributed by atoms with Gasteiger partial charge in [-0.25, -0.2) is 0 Å². The maximum absolute atomic E-state index is 13.4. The van der Waals surface area contributed by atoms with Gasteiger partial charge in [0.1, 0.15) is 24.9 Å². The smallest absolute Gasteiger partial charge is 0.303 e. The van der Waals surface area contributed by atoms with Crippen molar-refractivity contribution in [2.75, 3.05) is 39.4 Å².